The standard InChI is InChI=1S/C12H21NS/c1-7(2)5-9-6-8(3)12(14-4)11-10(9)13-11/h8-13H,1,5-6H2,2-4H3. The number of hydrogen-bond donors (Lipinski definition) is 1. The van der Waals surface area contributed by atoms with E-state index in [1.807, 2.05) is 11.8 Å². The molecule has 5 atom stereocenters. The Labute approximate surface area is 91.7 Å². The van der Waals surface area contributed by atoms with Gasteiger partial charge in [0.05, 0.1) is 0 Å². The number of allylic oxidation sites excluding steroid dienone is 1. The van der Waals surface area contributed by atoms with Gasteiger partial charge in [-0.1, -0.05) is 12.5 Å². The molecule has 5 unspecified atom stereocenters. The summed E-state index contributed by atoms with van der Waals surface area (Å²) in [5.74, 6) is 1.72. The van der Waals surface area contributed by atoms with Crippen molar-refractivity contribution >= 4 is 11.8 Å². The quantitative estimate of drug-likeness (QED) is 0.572. The summed E-state index contributed by atoms with van der Waals surface area (Å²) in [6, 6.07) is 1.61. The Balaban J connectivity index is 1.97. The van der Waals surface area contributed by atoms with E-state index in [9.17, 15) is 0 Å². The first-order chi connectivity index (χ1) is 6.63. The first-order valence-electron chi connectivity index (χ1n) is 5.56. The van der Waals surface area contributed by atoms with E-state index in [-0.39, 0.29) is 0 Å². The van der Waals surface area contributed by atoms with E-state index in [4.69, 9.17) is 0 Å². The van der Waals surface area contributed by atoms with Crippen LogP contribution in [0.5, 0.6) is 0 Å². The van der Waals surface area contributed by atoms with E-state index in [1.165, 1.54) is 18.4 Å². The molecule has 80 valence electrons. The molecule has 0 aromatic rings. The van der Waals surface area contributed by atoms with Gasteiger partial charge in [0.1, 0.15) is 0 Å². The first kappa shape index (κ1) is 10.6. The van der Waals surface area contributed by atoms with Gasteiger partial charge >= 0.3 is 0 Å². The molecular weight excluding hydrogens is 190 g/mol. The summed E-state index contributed by atoms with van der Waals surface area (Å²) >= 11 is 2.04. The maximum absolute atomic E-state index is 4.03. The van der Waals surface area contributed by atoms with Gasteiger partial charge in [0.15, 0.2) is 0 Å². The van der Waals surface area contributed by atoms with Crippen molar-refractivity contribution in [1.82, 2.24) is 5.32 Å². The molecule has 2 heteroatoms. The summed E-state index contributed by atoms with van der Waals surface area (Å²) in [4.78, 5) is 0. The molecule has 1 N–H and O–H groups in total. The third kappa shape index (κ3) is 1.87. The second-order valence-electron chi connectivity index (χ2n) is 5.05. The highest BCUT2D eigenvalue weighted by molar-refractivity contribution is 7.99. The zero-order valence-corrected chi connectivity index (χ0v) is 10.2. The van der Waals surface area contributed by atoms with Crippen molar-refractivity contribution in [3.63, 3.8) is 0 Å². The number of hydrogen-bond acceptors (Lipinski definition) is 2. The maximum Gasteiger partial charge on any atom is 0.0348 e. The molecule has 0 spiro atoms. The molecule has 1 nitrogen and oxygen atoms in total. The molecule has 0 amide bonds. The van der Waals surface area contributed by atoms with Crippen LogP contribution in [0.15, 0.2) is 12.2 Å². The fraction of sp³-hybridized carbons (Fsp3) is 0.833. The highest BCUT2D eigenvalue weighted by Crippen LogP contribution is 2.44. The van der Waals surface area contributed by atoms with Gasteiger partial charge in [-0.2, -0.15) is 11.8 Å². The van der Waals surface area contributed by atoms with Crippen molar-refractivity contribution in [2.45, 2.75) is 44.0 Å². The monoisotopic (exact) mass is 211 g/mol. The number of fused-ring (bicyclic) bond motifs is 1. The molecule has 1 aliphatic heterocycles. The average Bonchev–Trinajstić information content (AvgIpc) is 2.83. The SMILES string of the molecule is C=C(C)CC1CC(C)C(SC)C2NC12. The highest BCUT2D eigenvalue weighted by Gasteiger charge is 2.52. The van der Waals surface area contributed by atoms with Gasteiger partial charge < -0.3 is 5.32 Å². The molecule has 0 aromatic heterocycles. The summed E-state index contributed by atoms with van der Waals surface area (Å²) in [5.41, 5.74) is 1.34. The summed E-state index contributed by atoms with van der Waals surface area (Å²) in [5, 5.41) is 4.50. The van der Waals surface area contributed by atoms with E-state index in [0.717, 1.165) is 29.2 Å². The molecule has 1 heterocycles. The molecule has 1 aliphatic carbocycles. The molecule has 2 fully saturated rings. The van der Waals surface area contributed by atoms with Crippen LogP contribution in [0.2, 0.25) is 0 Å². The molecule has 1 saturated carbocycles. The zero-order chi connectivity index (χ0) is 10.3. The number of rotatable bonds is 3. The van der Waals surface area contributed by atoms with Gasteiger partial charge in [-0.05, 0) is 37.9 Å². The summed E-state index contributed by atoms with van der Waals surface area (Å²) in [6.07, 6.45) is 4.85. The average molecular weight is 211 g/mol. The Hall–Kier alpha value is 0.0500. The minimum Gasteiger partial charge on any atom is -0.307 e. The molecule has 2 rings (SSSR count). The van der Waals surface area contributed by atoms with Crippen molar-refractivity contribution in [3.8, 4) is 0 Å². The van der Waals surface area contributed by atoms with E-state index >= 15 is 0 Å². The molecule has 0 bridgehead atoms. The van der Waals surface area contributed by atoms with E-state index in [2.05, 4.69) is 32.0 Å². The van der Waals surface area contributed by atoms with Gasteiger partial charge in [-0.15, -0.1) is 6.58 Å². The van der Waals surface area contributed by atoms with Gasteiger partial charge in [-0.3, -0.25) is 0 Å². The number of nitrogens with one attached hydrogen (secondary N) is 1. The Kier molecular flexibility index (Phi) is 2.94. The second-order valence-corrected chi connectivity index (χ2v) is 6.07. The van der Waals surface area contributed by atoms with Crippen LogP contribution in [-0.2, 0) is 0 Å². The van der Waals surface area contributed by atoms with Crippen molar-refractivity contribution in [2.75, 3.05) is 6.26 Å². The Morgan fingerprint density at radius 2 is 2.21 bits per heavy atom. The predicted molar refractivity (Wildman–Crippen MR) is 64.7 cm³/mol. The Morgan fingerprint density at radius 3 is 2.79 bits per heavy atom. The molecule has 14 heavy (non-hydrogen) atoms. The van der Waals surface area contributed by atoms with E-state index in [1.54, 1.807) is 0 Å². The van der Waals surface area contributed by atoms with Crippen molar-refractivity contribution in [1.29, 1.82) is 0 Å². The molecule has 0 aromatic carbocycles. The van der Waals surface area contributed by atoms with Crippen LogP contribution in [0.4, 0.5) is 0 Å². The van der Waals surface area contributed by atoms with E-state index in [0.29, 0.717) is 0 Å². The Morgan fingerprint density at radius 1 is 1.50 bits per heavy atom. The lowest BCUT2D eigenvalue weighted by molar-refractivity contribution is 0.330. The van der Waals surface area contributed by atoms with Crippen LogP contribution in [0.3, 0.4) is 0 Å². The third-order valence-corrected chi connectivity index (χ3v) is 4.94. The lowest BCUT2D eigenvalue weighted by atomic mass is 9.79. The van der Waals surface area contributed by atoms with Gasteiger partial charge in [0, 0.05) is 17.3 Å². The Bertz CT molecular complexity index is 236. The molecular formula is C12H21NS. The van der Waals surface area contributed by atoms with Crippen molar-refractivity contribution in [2.24, 2.45) is 11.8 Å². The largest absolute Gasteiger partial charge is 0.307 e. The van der Waals surface area contributed by atoms with Gasteiger partial charge in [0.25, 0.3) is 0 Å². The maximum atomic E-state index is 4.03. The molecule has 0 radical (unpaired) electrons. The minimum absolute atomic E-state index is 0.804. The number of thioether (sulfide) groups is 1. The van der Waals surface area contributed by atoms with E-state index < -0.39 is 0 Å². The summed E-state index contributed by atoms with van der Waals surface area (Å²) < 4.78 is 0. The van der Waals surface area contributed by atoms with Gasteiger partial charge in [-0.25, -0.2) is 0 Å². The van der Waals surface area contributed by atoms with Crippen LogP contribution in [0.25, 0.3) is 0 Å². The van der Waals surface area contributed by atoms with Crippen LogP contribution in [0, 0.1) is 11.8 Å². The minimum atomic E-state index is 0.804. The predicted octanol–water partition coefficient (Wildman–Crippen LogP) is 2.68. The smallest absolute Gasteiger partial charge is 0.0348 e. The van der Waals surface area contributed by atoms with Gasteiger partial charge in [0.2, 0.25) is 0 Å². The summed E-state index contributed by atoms with van der Waals surface area (Å²) in [7, 11) is 0. The van der Waals surface area contributed by atoms with Crippen LogP contribution >= 0.6 is 11.8 Å². The van der Waals surface area contributed by atoms with Crippen LogP contribution in [-0.4, -0.2) is 23.6 Å². The fourth-order valence-electron chi connectivity index (χ4n) is 3.04. The van der Waals surface area contributed by atoms with Crippen LogP contribution < -0.4 is 5.32 Å². The topological polar surface area (TPSA) is 21.9 Å². The fourth-order valence-corrected chi connectivity index (χ4v) is 4.16. The summed E-state index contributed by atoms with van der Waals surface area (Å²) in [6.45, 7) is 8.59. The van der Waals surface area contributed by atoms with Crippen molar-refractivity contribution < 1.29 is 0 Å². The molecule has 1 saturated heterocycles. The molecule has 2 aliphatic rings. The normalized spacial score (nSPS) is 45.8. The van der Waals surface area contributed by atoms with Crippen LogP contribution in [0.1, 0.15) is 26.7 Å². The highest BCUT2D eigenvalue weighted by atomic mass is 32.2. The van der Waals surface area contributed by atoms with Crippen molar-refractivity contribution in [3.05, 3.63) is 12.2 Å². The first-order valence-corrected chi connectivity index (χ1v) is 6.85. The second kappa shape index (κ2) is 3.90. The zero-order valence-electron chi connectivity index (χ0n) is 9.42. The lowest BCUT2D eigenvalue weighted by Gasteiger charge is -2.31. The lowest BCUT2D eigenvalue weighted by Crippen LogP contribution is -2.32. The third-order valence-electron chi connectivity index (χ3n) is 3.64.